The summed E-state index contributed by atoms with van der Waals surface area (Å²) in [6.07, 6.45) is 10.1. The lowest BCUT2D eigenvalue weighted by Crippen LogP contribution is -2.36. The molecule has 0 bridgehead atoms. The van der Waals surface area contributed by atoms with Gasteiger partial charge in [0.2, 0.25) is 0 Å². The van der Waals surface area contributed by atoms with Crippen molar-refractivity contribution in [3.8, 4) is 0 Å². The van der Waals surface area contributed by atoms with E-state index in [0.717, 1.165) is 17.5 Å². The second-order valence-corrected chi connectivity index (χ2v) is 8.35. The van der Waals surface area contributed by atoms with Crippen LogP contribution in [0.25, 0.3) is 10.8 Å². The number of imidazole rings is 1. The summed E-state index contributed by atoms with van der Waals surface area (Å²) < 4.78 is 7.88. The van der Waals surface area contributed by atoms with Crippen molar-refractivity contribution in [1.82, 2.24) is 19.4 Å². The predicted octanol–water partition coefficient (Wildman–Crippen LogP) is 3.81. The lowest BCUT2D eigenvalue weighted by Gasteiger charge is -2.24. The minimum Gasteiger partial charge on any atom is -0.379 e. The van der Waals surface area contributed by atoms with E-state index in [9.17, 15) is 4.79 Å². The Labute approximate surface area is 187 Å². The van der Waals surface area contributed by atoms with Crippen molar-refractivity contribution in [2.45, 2.75) is 13.0 Å². The average molecular weight is 427 g/mol. The molecule has 5 rings (SSSR count). The smallest absolute Gasteiger partial charge is 0.253 e. The van der Waals surface area contributed by atoms with E-state index in [-0.39, 0.29) is 11.8 Å². The summed E-state index contributed by atoms with van der Waals surface area (Å²) in [6.45, 7) is 3.20. The Balaban J connectivity index is 1.32. The molecule has 6 nitrogen and oxygen atoms in total. The minimum atomic E-state index is 0.0626. The van der Waals surface area contributed by atoms with Crippen LogP contribution in [0.3, 0.4) is 0 Å². The first-order valence-electron chi connectivity index (χ1n) is 11.0. The van der Waals surface area contributed by atoms with Crippen molar-refractivity contribution >= 4 is 16.7 Å². The maximum Gasteiger partial charge on any atom is 0.253 e. The van der Waals surface area contributed by atoms with Crippen molar-refractivity contribution in [2.24, 2.45) is 5.92 Å². The zero-order valence-corrected chi connectivity index (χ0v) is 17.9. The number of aromatic nitrogens is 3. The summed E-state index contributed by atoms with van der Waals surface area (Å²) in [7, 11) is 0. The van der Waals surface area contributed by atoms with Gasteiger partial charge in [0.05, 0.1) is 19.5 Å². The van der Waals surface area contributed by atoms with Gasteiger partial charge in [0.1, 0.15) is 0 Å². The zero-order chi connectivity index (χ0) is 21.8. The fraction of sp³-hybridized carbons (Fsp3) is 0.269. The highest BCUT2D eigenvalue weighted by Gasteiger charge is 2.24. The van der Waals surface area contributed by atoms with Gasteiger partial charge in [-0.05, 0) is 41.1 Å². The zero-order valence-electron chi connectivity index (χ0n) is 17.9. The molecule has 2 aromatic heterocycles. The van der Waals surface area contributed by atoms with Crippen LogP contribution >= 0.6 is 0 Å². The van der Waals surface area contributed by atoms with Crippen LogP contribution in [0, 0.1) is 5.92 Å². The van der Waals surface area contributed by atoms with Crippen molar-refractivity contribution < 1.29 is 9.53 Å². The van der Waals surface area contributed by atoms with Crippen LogP contribution < -0.4 is 0 Å². The number of pyridine rings is 1. The van der Waals surface area contributed by atoms with E-state index in [1.54, 1.807) is 12.5 Å². The number of amides is 1. The van der Waals surface area contributed by atoms with Crippen LogP contribution in [0.5, 0.6) is 0 Å². The summed E-state index contributed by atoms with van der Waals surface area (Å²) >= 11 is 0. The summed E-state index contributed by atoms with van der Waals surface area (Å²) in [5.41, 5.74) is 3.05. The minimum absolute atomic E-state index is 0.0626. The van der Waals surface area contributed by atoms with E-state index in [1.165, 1.54) is 16.3 Å². The largest absolute Gasteiger partial charge is 0.379 e. The molecule has 1 amide bonds. The Bertz CT molecular complexity index is 1200. The molecule has 1 saturated heterocycles. The van der Waals surface area contributed by atoms with E-state index >= 15 is 0 Å². The van der Waals surface area contributed by atoms with Gasteiger partial charge in [0.15, 0.2) is 0 Å². The molecule has 1 fully saturated rings. The molecule has 0 radical (unpaired) electrons. The highest BCUT2D eigenvalue weighted by atomic mass is 16.5. The number of hydrogen-bond acceptors (Lipinski definition) is 4. The van der Waals surface area contributed by atoms with Crippen LogP contribution in [0.15, 0.2) is 79.6 Å². The first kappa shape index (κ1) is 20.4. The Morgan fingerprint density at radius 3 is 2.94 bits per heavy atom. The first-order valence-corrected chi connectivity index (χ1v) is 11.0. The number of benzene rings is 2. The average Bonchev–Trinajstić information content (AvgIpc) is 3.22. The number of nitrogens with zero attached hydrogens (tertiary/aromatic N) is 4. The first-order chi connectivity index (χ1) is 15.8. The third-order valence-corrected chi connectivity index (χ3v) is 6.01. The number of fused-ring (bicyclic) bond motifs is 1. The third-order valence-electron chi connectivity index (χ3n) is 6.01. The van der Waals surface area contributed by atoms with Crippen molar-refractivity contribution in [1.29, 1.82) is 0 Å². The molecule has 0 saturated carbocycles. The predicted molar refractivity (Wildman–Crippen MR) is 123 cm³/mol. The summed E-state index contributed by atoms with van der Waals surface area (Å²) in [4.78, 5) is 23.7. The van der Waals surface area contributed by atoms with Gasteiger partial charge < -0.3 is 14.2 Å². The van der Waals surface area contributed by atoms with Gasteiger partial charge in [0.25, 0.3) is 5.91 Å². The number of rotatable bonds is 5. The van der Waals surface area contributed by atoms with Crippen LogP contribution in [0.1, 0.15) is 21.5 Å². The van der Waals surface area contributed by atoms with Crippen molar-refractivity contribution in [3.63, 3.8) is 0 Å². The molecule has 2 aromatic carbocycles. The molecule has 1 unspecified atom stereocenters. The summed E-state index contributed by atoms with van der Waals surface area (Å²) in [5.74, 6) is 0.300. The van der Waals surface area contributed by atoms with E-state index in [2.05, 4.69) is 28.2 Å². The van der Waals surface area contributed by atoms with Crippen LogP contribution in [0.2, 0.25) is 0 Å². The molecule has 1 atom stereocenters. The number of carbonyl (C=O) groups excluding carboxylic acids is 1. The topological polar surface area (TPSA) is 60.2 Å². The SMILES string of the molecule is O=C(c1cccc(Cn2ccnc2)c1)N1CCOCC(Cc2cccc3ccncc23)C1. The van der Waals surface area contributed by atoms with Gasteiger partial charge in [-0.15, -0.1) is 0 Å². The summed E-state index contributed by atoms with van der Waals surface area (Å²) in [6, 6.07) is 16.3. The quantitative estimate of drug-likeness (QED) is 0.487. The monoisotopic (exact) mass is 426 g/mol. The highest BCUT2D eigenvalue weighted by molar-refractivity contribution is 5.94. The lowest BCUT2D eigenvalue weighted by molar-refractivity contribution is 0.0737. The standard InChI is InChI=1S/C26H26N4O2/c31-26(24-6-1-3-20(13-24)16-29-10-9-28-19-29)30-11-12-32-18-21(17-30)14-23-5-2-4-22-7-8-27-15-25(22)23/h1-10,13,15,19,21H,11-12,14,16-18H2. The molecular formula is C26H26N4O2. The third kappa shape index (κ3) is 4.55. The molecule has 0 aliphatic carbocycles. The van der Waals surface area contributed by atoms with Crippen molar-refractivity contribution in [2.75, 3.05) is 26.3 Å². The summed E-state index contributed by atoms with van der Waals surface area (Å²) in [5, 5.41) is 2.36. The van der Waals surface area contributed by atoms with E-state index < -0.39 is 0 Å². The second kappa shape index (κ2) is 9.32. The van der Waals surface area contributed by atoms with E-state index in [1.807, 2.05) is 58.4 Å². The highest BCUT2D eigenvalue weighted by Crippen LogP contribution is 2.23. The molecule has 1 aliphatic rings. The molecule has 6 heteroatoms. The van der Waals surface area contributed by atoms with Gasteiger partial charge >= 0.3 is 0 Å². The van der Waals surface area contributed by atoms with Gasteiger partial charge in [-0.2, -0.15) is 0 Å². The molecular weight excluding hydrogens is 400 g/mol. The van der Waals surface area contributed by atoms with E-state index in [4.69, 9.17) is 4.74 Å². The maximum absolute atomic E-state index is 13.4. The van der Waals surface area contributed by atoms with Gasteiger partial charge in [0, 0.05) is 61.3 Å². The Morgan fingerprint density at radius 2 is 2.03 bits per heavy atom. The molecule has 0 spiro atoms. The van der Waals surface area contributed by atoms with Gasteiger partial charge in [-0.1, -0.05) is 30.3 Å². The molecule has 162 valence electrons. The second-order valence-electron chi connectivity index (χ2n) is 8.35. The fourth-order valence-electron chi connectivity index (χ4n) is 4.43. The molecule has 3 heterocycles. The number of hydrogen-bond donors (Lipinski definition) is 0. The normalized spacial score (nSPS) is 16.8. The fourth-order valence-corrected chi connectivity index (χ4v) is 4.43. The molecule has 32 heavy (non-hydrogen) atoms. The Morgan fingerprint density at radius 1 is 1.09 bits per heavy atom. The number of ether oxygens (including phenoxy) is 1. The van der Waals surface area contributed by atoms with E-state index in [0.29, 0.717) is 32.8 Å². The number of carbonyl (C=O) groups is 1. The van der Waals surface area contributed by atoms with Crippen LogP contribution in [-0.2, 0) is 17.7 Å². The van der Waals surface area contributed by atoms with Crippen LogP contribution in [0.4, 0.5) is 0 Å². The molecule has 1 aliphatic heterocycles. The lowest BCUT2D eigenvalue weighted by atomic mass is 9.95. The molecule has 0 N–H and O–H groups in total. The van der Waals surface area contributed by atoms with Gasteiger partial charge in [-0.25, -0.2) is 4.98 Å². The molecule has 4 aromatic rings. The Kier molecular flexibility index (Phi) is 5.94. The van der Waals surface area contributed by atoms with Crippen LogP contribution in [-0.4, -0.2) is 51.6 Å². The van der Waals surface area contributed by atoms with Crippen molar-refractivity contribution in [3.05, 3.63) is 96.3 Å². The Hall–Kier alpha value is -3.51. The van der Waals surface area contributed by atoms with Gasteiger partial charge in [-0.3, -0.25) is 9.78 Å². The maximum atomic E-state index is 13.4.